The van der Waals surface area contributed by atoms with Crippen LogP contribution in [-0.4, -0.2) is 42.3 Å². The third kappa shape index (κ3) is 2.71. The Kier molecular flexibility index (Phi) is 4.01. The van der Waals surface area contributed by atoms with Crippen molar-refractivity contribution in [3.05, 3.63) is 23.8 Å². The van der Waals surface area contributed by atoms with Crippen LogP contribution in [0.1, 0.15) is 24.8 Å². The lowest BCUT2D eigenvalue weighted by Gasteiger charge is -2.18. The predicted octanol–water partition coefficient (Wildman–Crippen LogP) is 0.607. The fourth-order valence-electron chi connectivity index (χ4n) is 3.80. The highest BCUT2D eigenvalue weighted by molar-refractivity contribution is 6.59. The quantitative estimate of drug-likeness (QED) is 0.790. The maximum absolute atomic E-state index is 9.41. The van der Waals surface area contributed by atoms with Crippen molar-refractivity contribution >= 4 is 12.6 Å². The summed E-state index contributed by atoms with van der Waals surface area (Å²) in [5.41, 5.74) is 1.57. The number of hydrogen-bond acceptors (Lipinski definition) is 4. The third-order valence-corrected chi connectivity index (χ3v) is 4.78. The van der Waals surface area contributed by atoms with E-state index in [9.17, 15) is 10.0 Å². The van der Waals surface area contributed by atoms with Crippen LogP contribution in [0.2, 0.25) is 0 Å². The largest absolute Gasteiger partial charge is 0.497 e. The van der Waals surface area contributed by atoms with Gasteiger partial charge in [0.15, 0.2) is 0 Å². The minimum atomic E-state index is -1.48. The second-order valence-electron chi connectivity index (χ2n) is 6.10. The van der Waals surface area contributed by atoms with Crippen molar-refractivity contribution in [2.24, 2.45) is 11.8 Å². The second kappa shape index (κ2) is 5.76. The summed E-state index contributed by atoms with van der Waals surface area (Å²) in [5.74, 6) is 2.30. The van der Waals surface area contributed by atoms with Crippen LogP contribution in [0.4, 0.5) is 0 Å². The van der Waals surface area contributed by atoms with E-state index in [2.05, 4.69) is 4.90 Å². The Morgan fingerprint density at radius 3 is 2.55 bits per heavy atom. The predicted molar refractivity (Wildman–Crippen MR) is 78.9 cm³/mol. The highest BCUT2D eigenvalue weighted by atomic mass is 16.5. The number of benzene rings is 1. The van der Waals surface area contributed by atoms with Crippen LogP contribution in [-0.2, 0) is 6.54 Å². The molecule has 0 amide bonds. The molecule has 2 atom stereocenters. The molecule has 1 aromatic carbocycles. The zero-order valence-electron chi connectivity index (χ0n) is 12.0. The van der Waals surface area contributed by atoms with Crippen LogP contribution >= 0.6 is 0 Å². The van der Waals surface area contributed by atoms with Crippen molar-refractivity contribution in [1.82, 2.24) is 4.90 Å². The van der Waals surface area contributed by atoms with E-state index in [1.54, 1.807) is 7.11 Å². The molecule has 1 aliphatic heterocycles. The highest BCUT2D eigenvalue weighted by Crippen LogP contribution is 2.38. The molecule has 1 saturated carbocycles. The molecule has 1 saturated heterocycles. The van der Waals surface area contributed by atoms with E-state index in [0.29, 0.717) is 11.2 Å². The summed E-state index contributed by atoms with van der Waals surface area (Å²) in [6.45, 7) is 3.26. The van der Waals surface area contributed by atoms with Gasteiger partial charge in [-0.3, -0.25) is 4.90 Å². The maximum Gasteiger partial charge on any atom is 0.492 e. The molecule has 0 radical (unpaired) electrons. The SMILES string of the molecule is COc1ccc(CN2CC3CCCC3C2)cc1B(O)O. The molecule has 108 valence electrons. The molecular formula is C15H22BNO3. The first-order valence-electron chi connectivity index (χ1n) is 7.42. The maximum atomic E-state index is 9.41. The first kappa shape index (κ1) is 13.9. The average molecular weight is 275 g/mol. The van der Waals surface area contributed by atoms with Gasteiger partial charge in [-0.05, 0) is 36.3 Å². The lowest BCUT2D eigenvalue weighted by atomic mass is 9.78. The van der Waals surface area contributed by atoms with Gasteiger partial charge >= 0.3 is 7.12 Å². The zero-order chi connectivity index (χ0) is 14.1. The molecular weight excluding hydrogens is 253 g/mol. The molecule has 0 spiro atoms. The van der Waals surface area contributed by atoms with Crippen molar-refractivity contribution in [3.63, 3.8) is 0 Å². The highest BCUT2D eigenvalue weighted by Gasteiger charge is 2.35. The summed E-state index contributed by atoms with van der Waals surface area (Å²) in [5, 5.41) is 18.8. The summed E-state index contributed by atoms with van der Waals surface area (Å²) in [4.78, 5) is 2.49. The van der Waals surface area contributed by atoms with Crippen LogP contribution in [0.5, 0.6) is 5.75 Å². The molecule has 1 aromatic rings. The van der Waals surface area contributed by atoms with Crippen LogP contribution in [0, 0.1) is 11.8 Å². The lowest BCUT2D eigenvalue weighted by Crippen LogP contribution is -2.32. The molecule has 4 nitrogen and oxygen atoms in total. The summed E-state index contributed by atoms with van der Waals surface area (Å²) in [6, 6.07) is 5.68. The van der Waals surface area contributed by atoms with Gasteiger partial charge in [-0.1, -0.05) is 18.6 Å². The fraction of sp³-hybridized carbons (Fsp3) is 0.600. The van der Waals surface area contributed by atoms with Crippen LogP contribution in [0.3, 0.4) is 0 Å². The van der Waals surface area contributed by atoms with Crippen LogP contribution in [0.25, 0.3) is 0 Å². The summed E-state index contributed by atoms with van der Waals surface area (Å²) >= 11 is 0. The smallest absolute Gasteiger partial charge is 0.492 e. The van der Waals surface area contributed by atoms with Crippen LogP contribution < -0.4 is 10.2 Å². The Bertz CT molecular complexity index is 468. The summed E-state index contributed by atoms with van der Waals surface area (Å²) in [7, 11) is 0.0607. The molecule has 0 bridgehead atoms. The number of likely N-dealkylation sites (tertiary alicyclic amines) is 1. The molecule has 5 heteroatoms. The van der Waals surface area contributed by atoms with Crippen molar-refractivity contribution in [2.45, 2.75) is 25.8 Å². The number of nitrogens with zero attached hydrogens (tertiary/aromatic N) is 1. The molecule has 2 N–H and O–H groups in total. The van der Waals surface area contributed by atoms with Gasteiger partial charge in [0, 0.05) is 25.1 Å². The van der Waals surface area contributed by atoms with Crippen molar-refractivity contribution in [3.8, 4) is 5.75 Å². The number of ether oxygens (including phenoxy) is 1. The van der Waals surface area contributed by atoms with Gasteiger partial charge in [-0.15, -0.1) is 0 Å². The monoisotopic (exact) mass is 275 g/mol. The Labute approximate surface area is 120 Å². The van der Waals surface area contributed by atoms with Crippen molar-refractivity contribution in [2.75, 3.05) is 20.2 Å². The van der Waals surface area contributed by atoms with Gasteiger partial charge < -0.3 is 14.8 Å². The second-order valence-corrected chi connectivity index (χ2v) is 6.10. The number of hydrogen-bond donors (Lipinski definition) is 2. The minimum absolute atomic E-state index is 0.449. The summed E-state index contributed by atoms with van der Waals surface area (Å²) < 4.78 is 5.16. The van der Waals surface area contributed by atoms with E-state index < -0.39 is 7.12 Å². The molecule has 0 aromatic heterocycles. The van der Waals surface area contributed by atoms with E-state index in [1.165, 1.54) is 32.4 Å². The number of rotatable bonds is 4. The van der Waals surface area contributed by atoms with Crippen molar-refractivity contribution < 1.29 is 14.8 Å². The van der Waals surface area contributed by atoms with E-state index in [0.717, 1.165) is 23.9 Å². The molecule has 3 rings (SSSR count). The molecule has 1 aliphatic carbocycles. The van der Waals surface area contributed by atoms with Gasteiger partial charge in [0.25, 0.3) is 0 Å². The van der Waals surface area contributed by atoms with E-state index in [4.69, 9.17) is 4.74 Å². The van der Waals surface area contributed by atoms with Crippen molar-refractivity contribution in [1.29, 1.82) is 0 Å². The Balaban J connectivity index is 1.70. The van der Waals surface area contributed by atoms with Gasteiger partial charge in [-0.2, -0.15) is 0 Å². The molecule has 2 aliphatic rings. The first-order chi connectivity index (χ1) is 9.67. The summed E-state index contributed by atoms with van der Waals surface area (Å²) in [6.07, 6.45) is 4.15. The Hall–Kier alpha value is -1.04. The van der Waals surface area contributed by atoms with Gasteiger partial charge in [0.1, 0.15) is 5.75 Å². The number of fused-ring (bicyclic) bond motifs is 1. The Morgan fingerprint density at radius 2 is 1.95 bits per heavy atom. The van der Waals surface area contributed by atoms with E-state index in [-0.39, 0.29) is 0 Å². The molecule has 2 fully saturated rings. The molecule has 1 heterocycles. The standard InChI is InChI=1S/C15H22BNO3/c1-20-15-6-5-11(7-14(15)16(18)19)8-17-9-12-3-2-4-13(12)10-17/h5-7,12-13,18-19H,2-4,8-10H2,1H3. The van der Waals surface area contributed by atoms with Gasteiger partial charge in [0.2, 0.25) is 0 Å². The topological polar surface area (TPSA) is 52.9 Å². The van der Waals surface area contributed by atoms with E-state index in [1.807, 2.05) is 18.2 Å². The van der Waals surface area contributed by atoms with Gasteiger partial charge in [0.05, 0.1) is 7.11 Å². The lowest BCUT2D eigenvalue weighted by molar-refractivity contribution is 0.303. The zero-order valence-corrected chi connectivity index (χ0v) is 12.0. The van der Waals surface area contributed by atoms with Crippen LogP contribution in [0.15, 0.2) is 18.2 Å². The fourth-order valence-corrected chi connectivity index (χ4v) is 3.80. The normalized spacial score (nSPS) is 25.8. The van der Waals surface area contributed by atoms with Gasteiger partial charge in [-0.25, -0.2) is 0 Å². The Morgan fingerprint density at radius 1 is 1.25 bits per heavy atom. The minimum Gasteiger partial charge on any atom is -0.497 e. The molecule has 20 heavy (non-hydrogen) atoms. The molecule has 2 unspecified atom stereocenters. The number of methoxy groups -OCH3 is 1. The average Bonchev–Trinajstić information content (AvgIpc) is 2.99. The first-order valence-corrected chi connectivity index (χ1v) is 7.42. The van der Waals surface area contributed by atoms with E-state index >= 15 is 0 Å². The third-order valence-electron chi connectivity index (χ3n) is 4.78.